The van der Waals surface area contributed by atoms with E-state index in [1.165, 1.54) is 0 Å². The van der Waals surface area contributed by atoms with Crippen molar-refractivity contribution >= 4 is 23.1 Å². The number of hydrogen-bond donors (Lipinski definition) is 2. The third-order valence-corrected chi connectivity index (χ3v) is 5.19. The molecule has 0 saturated heterocycles. The van der Waals surface area contributed by atoms with E-state index in [1.54, 1.807) is 24.3 Å². The molecule has 0 atom stereocenters. The fourth-order valence-electron chi connectivity index (χ4n) is 3.56. The Morgan fingerprint density at radius 2 is 1.77 bits per heavy atom. The maximum absolute atomic E-state index is 13.6. The molecule has 0 radical (unpaired) electrons. The number of para-hydroxylation sites is 1. The number of aryl methyl sites for hydroxylation is 1. The van der Waals surface area contributed by atoms with Crippen LogP contribution in [0.2, 0.25) is 0 Å². The molecule has 2 aromatic carbocycles. The van der Waals surface area contributed by atoms with Gasteiger partial charge in [0.15, 0.2) is 0 Å². The van der Waals surface area contributed by atoms with Crippen molar-refractivity contribution in [1.82, 2.24) is 9.97 Å². The molecule has 1 heterocycles. The van der Waals surface area contributed by atoms with Crippen molar-refractivity contribution in [3.05, 3.63) is 65.9 Å². The molecule has 1 aromatic heterocycles. The fraction of sp³-hybridized carbons (Fsp3) is 0.304. The van der Waals surface area contributed by atoms with Gasteiger partial charge in [-0.05, 0) is 56.4 Å². The second-order valence-electron chi connectivity index (χ2n) is 7.57. The van der Waals surface area contributed by atoms with Gasteiger partial charge < -0.3 is 15.4 Å². The zero-order valence-corrected chi connectivity index (χ0v) is 17.0. The van der Waals surface area contributed by atoms with Crippen LogP contribution < -0.4 is 15.4 Å². The molecule has 31 heavy (non-hydrogen) atoms. The molecule has 1 aliphatic carbocycles. The zero-order valence-electron chi connectivity index (χ0n) is 17.0. The molecule has 0 amide bonds. The first kappa shape index (κ1) is 21.0. The van der Waals surface area contributed by atoms with Crippen molar-refractivity contribution in [3.63, 3.8) is 0 Å². The van der Waals surface area contributed by atoms with Gasteiger partial charge in [0, 0.05) is 23.6 Å². The van der Waals surface area contributed by atoms with E-state index in [4.69, 9.17) is 4.74 Å². The van der Waals surface area contributed by atoms with E-state index in [2.05, 4.69) is 20.6 Å². The zero-order chi connectivity index (χ0) is 21.8. The highest BCUT2D eigenvalue weighted by Gasteiger charge is 2.35. The Hall–Kier alpha value is -3.29. The lowest BCUT2D eigenvalue weighted by atomic mass is 10.2. The fourth-order valence-corrected chi connectivity index (χ4v) is 3.56. The second-order valence-corrected chi connectivity index (χ2v) is 7.57. The van der Waals surface area contributed by atoms with Crippen LogP contribution >= 0.6 is 0 Å². The van der Waals surface area contributed by atoms with Crippen LogP contribution in [-0.4, -0.2) is 16.1 Å². The summed E-state index contributed by atoms with van der Waals surface area (Å²) in [7, 11) is 0. The van der Waals surface area contributed by atoms with Crippen LogP contribution in [0, 0.1) is 6.92 Å². The summed E-state index contributed by atoms with van der Waals surface area (Å²) in [5.41, 5.74) is 1.17. The van der Waals surface area contributed by atoms with Crippen LogP contribution in [0.1, 0.15) is 36.8 Å². The Bertz CT molecular complexity index is 1050. The molecule has 8 heteroatoms. The smallest absolute Gasteiger partial charge is 0.421 e. The summed E-state index contributed by atoms with van der Waals surface area (Å²) in [5, 5.41) is 5.78. The minimum atomic E-state index is -4.60. The van der Waals surface area contributed by atoms with Crippen molar-refractivity contribution in [2.45, 2.75) is 44.9 Å². The SMILES string of the molecule is Cc1ccccc1Nc1ncc(C(F)(F)F)c(Nc2cccc(OC3CCCC3)c2)n1. The lowest BCUT2D eigenvalue weighted by Gasteiger charge is -2.17. The second kappa shape index (κ2) is 8.83. The number of ether oxygens (including phenoxy) is 1. The number of halogens is 3. The van der Waals surface area contributed by atoms with E-state index in [9.17, 15) is 13.2 Å². The Kier molecular flexibility index (Phi) is 5.97. The molecule has 1 saturated carbocycles. The highest BCUT2D eigenvalue weighted by Crippen LogP contribution is 2.36. The highest BCUT2D eigenvalue weighted by molar-refractivity contribution is 5.64. The van der Waals surface area contributed by atoms with Crippen LogP contribution in [0.15, 0.2) is 54.7 Å². The normalized spacial score (nSPS) is 14.5. The molecular formula is C23H23F3N4O. The lowest BCUT2D eigenvalue weighted by molar-refractivity contribution is -0.137. The third-order valence-electron chi connectivity index (χ3n) is 5.19. The number of rotatable bonds is 6. The van der Waals surface area contributed by atoms with Crippen LogP contribution in [0.3, 0.4) is 0 Å². The van der Waals surface area contributed by atoms with E-state index >= 15 is 0 Å². The van der Waals surface area contributed by atoms with Crippen molar-refractivity contribution in [1.29, 1.82) is 0 Å². The number of benzene rings is 2. The maximum Gasteiger partial charge on any atom is 0.421 e. The molecule has 0 unspecified atom stereocenters. The Morgan fingerprint density at radius 1 is 1.00 bits per heavy atom. The van der Waals surface area contributed by atoms with Crippen LogP contribution in [0.5, 0.6) is 5.75 Å². The first-order valence-electron chi connectivity index (χ1n) is 10.2. The molecule has 1 fully saturated rings. The van der Waals surface area contributed by atoms with Crippen molar-refractivity contribution in [2.24, 2.45) is 0 Å². The van der Waals surface area contributed by atoms with Gasteiger partial charge in [-0.3, -0.25) is 0 Å². The molecule has 3 aromatic rings. The molecular weight excluding hydrogens is 405 g/mol. The number of aromatic nitrogens is 2. The number of nitrogens with one attached hydrogen (secondary N) is 2. The summed E-state index contributed by atoms with van der Waals surface area (Å²) >= 11 is 0. The Labute approximate surface area is 178 Å². The molecule has 5 nitrogen and oxygen atoms in total. The van der Waals surface area contributed by atoms with E-state index in [0.29, 0.717) is 11.4 Å². The van der Waals surface area contributed by atoms with Crippen molar-refractivity contribution in [2.75, 3.05) is 10.6 Å². The largest absolute Gasteiger partial charge is 0.490 e. The monoisotopic (exact) mass is 428 g/mol. The van der Waals surface area contributed by atoms with Gasteiger partial charge in [0.25, 0.3) is 0 Å². The third kappa shape index (κ3) is 5.25. The molecule has 0 spiro atoms. The van der Waals surface area contributed by atoms with Crippen molar-refractivity contribution in [3.8, 4) is 5.75 Å². The van der Waals surface area contributed by atoms with E-state index in [1.807, 2.05) is 31.2 Å². The molecule has 4 rings (SSSR count). The number of alkyl halides is 3. The highest BCUT2D eigenvalue weighted by atomic mass is 19.4. The van der Waals surface area contributed by atoms with Gasteiger partial charge in [-0.1, -0.05) is 24.3 Å². The summed E-state index contributed by atoms with van der Waals surface area (Å²) in [6, 6.07) is 14.3. The Morgan fingerprint density at radius 3 is 2.52 bits per heavy atom. The molecule has 162 valence electrons. The van der Waals surface area contributed by atoms with Gasteiger partial charge in [0.05, 0.1) is 6.10 Å². The van der Waals surface area contributed by atoms with Gasteiger partial charge >= 0.3 is 6.18 Å². The van der Waals surface area contributed by atoms with Gasteiger partial charge in [-0.2, -0.15) is 18.2 Å². The van der Waals surface area contributed by atoms with Gasteiger partial charge in [0.2, 0.25) is 5.95 Å². The van der Waals surface area contributed by atoms with Crippen LogP contribution in [-0.2, 0) is 6.18 Å². The van der Waals surface area contributed by atoms with Crippen LogP contribution in [0.25, 0.3) is 0 Å². The quantitative estimate of drug-likeness (QED) is 0.462. The molecule has 0 aliphatic heterocycles. The molecule has 2 N–H and O–H groups in total. The van der Waals surface area contributed by atoms with Gasteiger partial charge in [0.1, 0.15) is 17.1 Å². The average Bonchev–Trinajstić information content (AvgIpc) is 3.22. The first-order valence-corrected chi connectivity index (χ1v) is 10.2. The number of hydrogen-bond acceptors (Lipinski definition) is 5. The Balaban J connectivity index is 1.60. The minimum Gasteiger partial charge on any atom is -0.490 e. The maximum atomic E-state index is 13.6. The van der Waals surface area contributed by atoms with E-state index in [-0.39, 0.29) is 17.9 Å². The number of anilines is 4. The predicted octanol–water partition coefficient (Wildman–Crippen LogP) is 6.61. The van der Waals surface area contributed by atoms with Gasteiger partial charge in [-0.25, -0.2) is 4.98 Å². The standard InChI is InChI=1S/C23H23F3N4O/c1-15-7-2-5-12-20(15)29-22-27-14-19(23(24,25)26)21(30-22)28-16-8-6-11-18(13-16)31-17-9-3-4-10-17/h2,5-8,11-14,17H,3-4,9-10H2,1H3,(H2,27,28,29,30). The number of nitrogens with zero attached hydrogens (tertiary/aromatic N) is 2. The summed E-state index contributed by atoms with van der Waals surface area (Å²) in [6.07, 6.45) is 0.608. The van der Waals surface area contributed by atoms with Crippen LogP contribution in [0.4, 0.5) is 36.3 Å². The summed E-state index contributed by atoms with van der Waals surface area (Å²) in [4.78, 5) is 7.97. The van der Waals surface area contributed by atoms with E-state index in [0.717, 1.165) is 43.1 Å². The molecule has 1 aliphatic rings. The molecule has 0 bridgehead atoms. The van der Waals surface area contributed by atoms with Gasteiger partial charge in [-0.15, -0.1) is 0 Å². The minimum absolute atomic E-state index is 0.0724. The average molecular weight is 428 g/mol. The first-order chi connectivity index (χ1) is 14.9. The summed E-state index contributed by atoms with van der Waals surface area (Å²) in [6.45, 7) is 1.89. The topological polar surface area (TPSA) is 59.1 Å². The lowest BCUT2D eigenvalue weighted by Crippen LogP contribution is -2.13. The van der Waals surface area contributed by atoms with E-state index < -0.39 is 11.7 Å². The summed E-state index contributed by atoms with van der Waals surface area (Å²) in [5.74, 6) is 0.373. The van der Waals surface area contributed by atoms with Crippen molar-refractivity contribution < 1.29 is 17.9 Å². The summed E-state index contributed by atoms with van der Waals surface area (Å²) < 4.78 is 46.6. The predicted molar refractivity (Wildman–Crippen MR) is 114 cm³/mol.